The summed E-state index contributed by atoms with van der Waals surface area (Å²) in [5.41, 5.74) is 0. The van der Waals surface area contributed by atoms with E-state index in [0.29, 0.717) is 30.9 Å². The van der Waals surface area contributed by atoms with E-state index in [2.05, 4.69) is 19.2 Å². The van der Waals surface area contributed by atoms with Crippen molar-refractivity contribution in [2.45, 2.75) is 58.1 Å². The molecule has 1 rings (SSSR count). The zero-order valence-electron chi connectivity index (χ0n) is 9.92. The first-order valence-electron chi connectivity index (χ1n) is 6.05. The Morgan fingerprint density at radius 1 is 1.53 bits per heavy atom. The quantitative estimate of drug-likeness (QED) is 0.702. The molecule has 1 N–H and O–H groups in total. The molecule has 1 heterocycles. The minimum atomic E-state index is 0.321. The topological polar surface area (TPSA) is 38.3 Å². The van der Waals surface area contributed by atoms with Crippen LogP contribution < -0.4 is 5.32 Å². The van der Waals surface area contributed by atoms with E-state index in [1.165, 1.54) is 12.8 Å². The summed E-state index contributed by atoms with van der Waals surface area (Å²) in [6, 6.07) is 0.395. The van der Waals surface area contributed by atoms with Crippen LogP contribution in [0.3, 0.4) is 0 Å². The van der Waals surface area contributed by atoms with Crippen molar-refractivity contribution >= 4 is 5.78 Å². The van der Waals surface area contributed by atoms with Gasteiger partial charge in [-0.1, -0.05) is 13.8 Å². The third-order valence-electron chi connectivity index (χ3n) is 2.71. The van der Waals surface area contributed by atoms with E-state index < -0.39 is 0 Å². The van der Waals surface area contributed by atoms with E-state index in [4.69, 9.17) is 4.74 Å². The van der Waals surface area contributed by atoms with Crippen molar-refractivity contribution < 1.29 is 9.53 Å². The summed E-state index contributed by atoms with van der Waals surface area (Å²) in [5, 5.41) is 3.14. The maximum absolute atomic E-state index is 11.4. The van der Waals surface area contributed by atoms with Crippen LogP contribution >= 0.6 is 0 Å². The Morgan fingerprint density at radius 3 is 2.93 bits per heavy atom. The molecular weight excluding hydrogens is 190 g/mol. The van der Waals surface area contributed by atoms with Gasteiger partial charge in [-0.15, -0.1) is 0 Å². The average molecular weight is 213 g/mol. The monoisotopic (exact) mass is 213 g/mol. The van der Waals surface area contributed by atoms with Crippen LogP contribution in [-0.2, 0) is 9.53 Å². The highest BCUT2D eigenvalue weighted by atomic mass is 16.5. The molecule has 0 aromatic carbocycles. The van der Waals surface area contributed by atoms with Gasteiger partial charge in [0.05, 0.1) is 12.6 Å². The summed E-state index contributed by atoms with van der Waals surface area (Å²) in [6.45, 7) is 5.54. The minimum Gasteiger partial charge on any atom is -0.378 e. The lowest BCUT2D eigenvalue weighted by Crippen LogP contribution is -2.29. The van der Waals surface area contributed by atoms with Crippen molar-refractivity contribution in [2.24, 2.45) is 0 Å². The first-order valence-corrected chi connectivity index (χ1v) is 6.05. The minimum absolute atomic E-state index is 0.321. The molecule has 1 aliphatic rings. The largest absolute Gasteiger partial charge is 0.378 e. The Labute approximate surface area is 92.6 Å². The number of rotatable bonds is 7. The molecule has 0 amide bonds. The third kappa shape index (κ3) is 5.90. The highest BCUT2D eigenvalue weighted by Gasteiger charge is 2.15. The smallest absolute Gasteiger partial charge is 0.146 e. The van der Waals surface area contributed by atoms with Crippen LogP contribution in [0.4, 0.5) is 0 Å². The summed E-state index contributed by atoms with van der Waals surface area (Å²) >= 11 is 0. The second kappa shape index (κ2) is 6.96. The molecule has 0 aromatic rings. The van der Waals surface area contributed by atoms with Gasteiger partial charge in [0.1, 0.15) is 5.78 Å². The van der Waals surface area contributed by atoms with Crippen LogP contribution in [0.25, 0.3) is 0 Å². The Morgan fingerprint density at radius 2 is 2.33 bits per heavy atom. The third-order valence-corrected chi connectivity index (χ3v) is 2.71. The number of Topliss-reactive ketones (excluding diaryl/α,β-unsaturated/α-hetero) is 1. The molecule has 1 saturated heterocycles. The number of hydrogen-bond acceptors (Lipinski definition) is 3. The molecule has 3 heteroatoms. The molecule has 0 saturated carbocycles. The average Bonchev–Trinajstić information content (AvgIpc) is 2.67. The van der Waals surface area contributed by atoms with Crippen molar-refractivity contribution in [2.75, 3.05) is 13.2 Å². The fraction of sp³-hybridized carbons (Fsp3) is 0.917. The second-order valence-corrected chi connectivity index (χ2v) is 4.60. The van der Waals surface area contributed by atoms with E-state index in [-0.39, 0.29) is 0 Å². The van der Waals surface area contributed by atoms with Crippen LogP contribution in [0.5, 0.6) is 0 Å². The van der Waals surface area contributed by atoms with E-state index in [1.807, 2.05) is 0 Å². The molecule has 0 bridgehead atoms. The normalized spacial score (nSPS) is 21.1. The highest BCUT2D eigenvalue weighted by Crippen LogP contribution is 2.17. The summed E-state index contributed by atoms with van der Waals surface area (Å²) < 4.78 is 5.51. The Hall–Kier alpha value is -0.410. The van der Waals surface area contributed by atoms with E-state index in [9.17, 15) is 4.79 Å². The lowest BCUT2D eigenvalue weighted by molar-refractivity contribution is -0.118. The van der Waals surface area contributed by atoms with Gasteiger partial charge in [-0.05, 0) is 25.7 Å². The molecule has 88 valence electrons. The Bertz CT molecular complexity index is 186. The molecule has 1 atom stereocenters. The molecule has 1 fully saturated rings. The van der Waals surface area contributed by atoms with Gasteiger partial charge >= 0.3 is 0 Å². The molecule has 0 radical (unpaired) electrons. The van der Waals surface area contributed by atoms with Crippen molar-refractivity contribution in [3.8, 4) is 0 Å². The van der Waals surface area contributed by atoms with E-state index in [1.54, 1.807) is 0 Å². The maximum Gasteiger partial charge on any atom is 0.146 e. The van der Waals surface area contributed by atoms with E-state index in [0.717, 1.165) is 19.4 Å². The summed E-state index contributed by atoms with van der Waals surface area (Å²) in [5.74, 6) is 0.321. The predicted octanol–water partition coefficient (Wildman–Crippen LogP) is 1.90. The summed E-state index contributed by atoms with van der Waals surface area (Å²) in [7, 11) is 0. The van der Waals surface area contributed by atoms with Gasteiger partial charge in [0.25, 0.3) is 0 Å². The number of carbonyl (C=O) groups excluding carboxylic acids is 1. The molecular formula is C12H23NO2. The van der Waals surface area contributed by atoms with Crippen molar-refractivity contribution in [3.05, 3.63) is 0 Å². The van der Waals surface area contributed by atoms with Crippen LogP contribution in [0, 0.1) is 0 Å². The molecule has 0 spiro atoms. The number of ether oxygens (including phenoxy) is 1. The predicted molar refractivity (Wildman–Crippen MR) is 61.0 cm³/mol. The van der Waals surface area contributed by atoms with E-state index >= 15 is 0 Å². The molecule has 0 aliphatic carbocycles. The van der Waals surface area contributed by atoms with Gasteiger partial charge < -0.3 is 10.1 Å². The van der Waals surface area contributed by atoms with Crippen molar-refractivity contribution in [1.29, 1.82) is 0 Å². The van der Waals surface area contributed by atoms with Crippen LogP contribution in [0.15, 0.2) is 0 Å². The van der Waals surface area contributed by atoms with Crippen molar-refractivity contribution in [1.82, 2.24) is 5.32 Å². The van der Waals surface area contributed by atoms with Crippen molar-refractivity contribution in [3.63, 3.8) is 0 Å². The fourth-order valence-electron chi connectivity index (χ4n) is 1.81. The lowest BCUT2D eigenvalue weighted by atomic mass is 10.1. The molecule has 1 unspecified atom stereocenters. The number of carbonyl (C=O) groups is 1. The second-order valence-electron chi connectivity index (χ2n) is 4.60. The summed E-state index contributed by atoms with van der Waals surface area (Å²) in [6.07, 6.45) is 5.51. The molecule has 1 aliphatic heterocycles. The van der Waals surface area contributed by atoms with Gasteiger partial charge in [0.15, 0.2) is 0 Å². The van der Waals surface area contributed by atoms with Gasteiger partial charge in [0, 0.05) is 19.1 Å². The maximum atomic E-state index is 11.4. The number of nitrogens with one attached hydrogen (secondary N) is 1. The highest BCUT2D eigenvalue weighted by molar-refractivity contribution is 5.80. The molecule has 15 heavy (non-hydrogen) atoms. The zero-order chi connectivity index (χ0) is 11.1. The summed E-state index contributed by atoms with van der Waals surface area (Å²) in [4.78, 5) is 11.4. The SMILES string of the molecule is CC(C)NCC(=O)CCCC1CCCO1. The lowest BCUT2D eigenvalue weighted by Gasteiger charge is -2.09. The van der Waals surface area contributed by atoms with Gasteiger partial charge in [-0.25, -0.2) is 0 Å². The standard InChI is InChI=1S/C12H23NO2/c1-10(2)13-9-11(14)5-3-6-12-7-4-8-15-12/h10,12-13H,3-9H2,1-2H3. The van der Waals surface area contributed by atoms with Crippen LogP contribution in [0.1, 0.15) is 46.0 Å². The Balaban J connectivity index is 1.96. The van der Waals surface area contributed by atoms with Gasteiger partial charge in [-0.3, -0.25) is 4.79 Å². The first kappa shape index (κ1) is 12.7. The first-order chi connectivity index (χ1) is 7.18. The van der Waals surface area contributed by atoms with Crippen LogP contribution in [0.2, 0.25) is 0 Å². The van der Waals surface area contributed by atoms with Crippen LogP contribution in [-0.4, -0.2) is 31.1 Å². The molecule has 3 nitrogen and oxygen atoms in total. The van der Waals surface area contributed by atoms with Gasteiger partial charge in [0.2, 0.25) is 0 Å². The number of hydrogen-bond donors (Lipinski definition) is 1. The Kier molecular flexibility index (Phi) is 5.88. The number of ketones is 1. The molecule has 0 aromatic heterocycles. The van der Waals surface area contributed by atoms with Gasteiger partial charge in [-0.2, -0.15) is 0 Å². The fourth-order valence-corrected chi connectivity index (χ4v) is 1.81. The zero-order valence-corrected chi connectivity index (χ0v) is 9.92.